The summed E-state index contributed by atoms with van der Waals surface area (Å²) in [4.78, 5) is 13.5. The first-order chi connectivity index (χ1) is 7.15. The Hall–Kier alpha value is -0.610. The largest absolute Gasteiger partial charge is 0.393 e. The van der Waals surface area contributed by atoms with E-state index in [1.807, 2.05) is 4.90 Å². The van der Waals surface area contributed by atoms with Crippen LogP contribution >= 0.6 is 0 Å². The molecule has 2 unspecified atom stereocenters. The first-order valence-electron chi connectivity index (χ1n) is 5.60. The molecule has 0 aliphatic carbocycles. The Morgan fingerprint density at radius 1 is 1.67 bits per heavy atom. The Morgan fingerprint density at radius 3 is 3.00 bits per heavy atom. The van der Waals surface area contributed by atoms with Gasteiger partial charge in [0.2, 0.25) is 5.91 Å². The highest BCUT2D eigenvalue weighted by atomic mass is 16.5. The number of likely N-dealkylation sites (tertiary alicyclic amines) is 1. The number of carbonyl (C=O) groups is 1. The molecule has 2 atom stereocenters. The van der Waals surface area contributed by atoms with Gasteiger partial charge in [-0.3, -0.25) is 4.79 Å². The molecule has 15 heavy (non-hydrogen) atoms. The highest BCUT2D eigenvalue weighted by Crippen LogP contribution is 2.20. The zero-order valence-corrected chi connectivity index (χ0v) is 9.61. The summed E-state index contributed by atoms with van der Waals surface area (Å²) in [6, 6.07) is 0. The zero-order chi connectivity index (χ0) is 11.3. The fourth-order valence-corrected chi connectivity index (χ4v) is 1.98. The van der Waals surface area contributed by atoms with Crippen LogP contribution in [-0.4, -0.2) is 48.8 Å². The van der Waals surface area contributed by atoms with E-state index in [4.69, 9.17) is 4.74 Å². The Labute approximate surface area is 91.2 Å². The van der Waals surface area contributed by atoms with Crippen molar-refractivity contribution in [2.24, 2.45) is 5.92 Å². The number of methoxy groups -OCH3 is 1. The molecule has 4 nitrogen and oxygen atoms in total. The van der Waals surface area contributed by atoms with E-state index in [1.54, 1.807) is 14.0 Å². The van der Waals surface area contributed by atoms with Crippen LogP contribution in [-0.2, 0) is 9.53 Å². The third-order valence-corrected chi connectivity index (χ3v) is 3.01. The molecule has 1 rings (SSSR count). The molecule has 1 aliphatic heterocycles. The summed E-state index contributed by atoms with van der Waals surface area (Å²) in [7, 11) is 1.60. The Morgan fingerprint density at radius 2 is 2.40 bits per heavy atom. The Balaban J connectivity index is 2.38. The van der Waals surface area contributed by atoms with Crippen LogP contribution in [0.25, 0.3) is 0 Å². The number of aliphatic hydroxyl groups excluding tert-OH is 1. The molecular weight excluding hydrogens is 194 g/mol. The van der Waals surface area contributed by atoms with Crippen LogP contribution in [0.2, 0.25) is 0 Å². The number of ether oxygens (including phenoxy) is 1. The van der Waals surface area contributed by atoms with Gasteiger partial charge in [-0.2, -0.15) is 0 Å². The highest BCUT2D eigenvalue weighted by molar-refractivity contribution is 5.76. The average molecular weight is 215 g/mol. The molecule has 0 aromatic carbocycles. The molecule has 0 radical (unpaired) electrons. The van der Waals surface area contributed by atoms with Crippen molar-refractivity contribution < 1.29 is 14.6 Å². The lowest BCUT2D eigenvalue weighted by atomic mass is 9.93. The van der Waals surface area contributed by atoms with Crippen LogP contribution in [0.15, 0.2) is 0 Å². The van der Waals surface area contributed by atoms with Crippen LogP contribution < -0.4 is 0 Å². The topological polar surface area (TPSA) is 49.8 Å². The molecule has 0 bridgehead atoms. The van der Waals surface area contributed by atoms with E-state index in [2.05, 4.69) is 0 Å². The molecule has 0 spiro atoms. The summed E-state index contributed by atoms with van der Waals surface area (Å²) in [5.41, 5.74) is 0. The molecular formula is C11H21NO3. The number of amides is 1. The van der Waals surface area contributed by atoms with Crippen molar-refractivity contribution in [1.29, 1.82) is 0 Å². The number of hydrogen-bond donors (Lipinski definition) is 1. The smallest absolute Gasteiger partial charge is 0.224 e. The maximum atomic E-state index is 11.7. The lowest BCUT2D eigenvalue weighted by Gasteiger charge is -2.34. The number of carbonyl (C=O) groups excluding carboxylic acids is 1. The number of rotatable bonds is 4. The van der Waals surface area contributed by atoms with E-state index in [-0.39, 0.29) is 17.9 Å². The van der Waals surface area contributed by atoms with Gasteiger partial charge in [-0.1, -0.05) is 0 Å². The summed E-state index contributed by atoms with van der Waals surface area (Å²) >= 11 is 0. The third kappa shape index (κ3) is 3.80. The van der Waals surface area contributed by atoms with Gasteiger partial charge in [-0.15, -0.1) is 0 Å². The standard InChI is InChI=1S/C11H21NO3/c1-9(13)10-4-3-6-12(8-10)11(14)5-7-15-2/h9-10,13H,3-8H2,1-2H3. The zero-order valence-electron chi connectivity index (χ0n) is 9.61. The van der Waals surface area contributed by atoms with Gasteiger partial charge in [0, 0.05) is 26.1 Å². The van der Waals surface area contributed by atoms with Gasteiger partial charge in [-0.25, -0.2) is 0 Å². The lowest BCUT2D eigenvalue weighted by molar-refractivity contribution is -0.134. The van der Waals surface area contributed by atoms with E-state index in [1.165, 1.54) is 0 Å². The summed E-state index contributed by atoms with van der Waals surface area (Å²) in [5, 5.41) is 9.49. The van der Waals surface area contributed by atoms with Crippen LogP contribution in [0, 0.1) is 5.92 Å². The van der Waals surface area contributed by atoms with Gasteiger partial charge >= 0.3 is 0 Å². The van der Waals surface area contributed by atoms with Crippen molar-refractivity contribution in [3.05, 3.63) is 0 Å². The van der Waals surface area contributed by atoms with Gasteiger partial charge in [0.15, 0.2) is 0 Å². The summed E-state index contributed by atoms with van der Waals surface area (Å²) < 4.78 is 4.88. The minimum absolute atomic E-state index is 0.141. The van der Waals surface area contributed by atoms with Crippen molar-refractivity contribution in [3.8, 4) is 0 Å². The van der Waals surface area contributed by atoms with Gasteiger partial charge in [0.1, 0.15) is 0 Å². The van der Waals surface area contributed by atoms with Gasteiger partial charge in [0.25, 0.3) is 0 Å². The first-order valence-corrected chi connectivity index (χ1v) is 5.60. The predicted molar refractivity (Wildman–Crippen MR) is 57.5 cm³/mol. The van der Waals surface area contributed by atoms with Gasteiger partial charge in [-0.05, 0) is 19.8 Å². The Bertz CT molecular complexity index is 206. The second-order valence-electron chi connectivity index (χ2n) is 4.23. The van der Waals surface area contributed by atoms with Gasteiger partial charge in [0.05, 0.1) is 19.1 Å². The van der Waals surface area contributed by atoms with Crippen LogP contribution in [0.1, 0.15) is 26.2 Å². The summed E-state index contributed by atoms with van der Waals surface area (Å²) in [6.45, 7) is 3.80. The van der Waals surface area contributed by atoms with E-state index < -0.39 is 0 Å². The molecule has 1 N–H and O–H groups in total. The molecule has 1 heterocycles. The normalized spacial score (nSPS) is 23.9. The second kappa shape index (κ2) is 6.08. The maximum Gasteiger partial charge on any atom is 0.224 e. The Kier molecular flexibility index (Phi) is 5.05. The minimum Gasteiger partial charge on any atom is -0.393 e. The molecule has 0 aromatic rings. The molecule has 4 heteroatoms. The van der Waals surface area contributed by atoms with Crippen molar-refractivity contribution in [2.75, 3.05) is 26.8 Å². The van der Waals surface area contributed by atoms with E-state index in [0.717, 1.165) is 19.4 Å². The van der Waals surface area contributed by atoms with Crippen LogP contribution in [0.3, 0.4) is 0 Å². The first kappa shape index (κ1) is 12.5. The lowest BCUT2D eigenvalue weighted by Crippen LogP contribution is -2.43. The van der Waals surface area contributed by atoms with Crippen molar-refractivity contribution in [2.45, 2.75) is 32.3 Å². The second-order valence-corrected chi connectivity index (χ2v) is 4.23. The SMILES string of the molecule is COCCC(=O)N1CCCC(C(C)O)C1. The molecule has 1 amide bonds. The molecule has 0 aromatic heterocycles. The molecule has 1 fully saturated rings. The van der Waals surface area contributed by atoms with Crippen LogP contribution in [0.5, 0.6) is 0 Å². The number of piperidine rings is 1. The van der Waals surface area contributed by atoms with E-state index in [9.17, 15) is 9.90 Å². The maximum absolute atomic E-state index is 11.7. The fraction of sp³-hybridized carbons (Fsp3) is 0.909. The van der Waals surface area contributed by atoms with Crippen molar-refractivity contribution in [3.63, 3.8) is 0 Å². The number of aliphatic hydroxyl groups is 1. The predicted octanol–water partition coefficient (Wildman–Crippen LogP) is 0.642. The number of hydrogen-bond acceptors (Lipinski definition) is 3. The quantitative estimate of drug-likeness (QED) is 0.749. The van der Waals surface area contributed by atoms with Gasteiger partial charge < -0.3 is 14.7 Å². The molecule has 1 aliphatic rings. The average Bonchev–Trinajstić information content (AvgIpc) is 2.26. The van der Waals surface area contributed by atoms with Crippen LogP contribution in [0.4, 0.5) is 0 Å². The monoisotopic (exact) mass is 215 g/mol. The van der Waals surface area contributed by atoms with Crippen molar-refractivity contribution >= 4 is 5.91 Å². The molecule has 0 saturated carbocycles. The summed E-state index contributed by atoms with van der Waals surface area (Å²) in [6.07, 6.45) is 2.14. The number of nitrogens with zero attached hydrogens (tertiary/aromatic N) is 1. The molecule has 1 saturated heterocycles. The third-order valence-electron chi connectivity index (χ3n) is 3.01. The minimum atomic E-state index is -0.317. The van der Waals surface area contributed by atoms with E-state index in [0.29, 0.717) is 19.6 Å². The summed E-state index contributed by atoms with van der Waals surface area (Å²) in [5.74, 6) is 0.382. The van der Waals surface area contributed by atoms with Crippen molar-refractivity contribution in [1.82, 2.24) is 4.90 Å². The fourth-order valence-electron chi connectivity index (χ4n) is 1.98. The molecule has 88 valence electrons. The van der Waals surface area contributed by atoms with E-state index >= 15 is 0 Å². The highest BCUT2D eigenvalue weighted by Gasteiger charge is 2.25.